The van der Waals surface area contributed by atoms with Crippen LogP contribution in [0.4, 0.5) is 0 Å². The molecule has 1 heterocycles. The van der Waals surface area contributed by atoms with E-state index in [4.69, 9.17) is 27.9 Å². The van der Waals surface area contributed by atoms with E-state index in [0.717, 1.165) is 0 Å². The Kier molecular flexibility index (Phi) is 4.81. The maximum atomic E-state index is 11.6. The van der Waals surface area contributed by atoms with Crippen LogP contribution in [0.2, 0.25) is 10.2 Å². The maximum Gasteiger partial charge on any atom is 0.253 e. The SMILES string of the molecule is COCCNC(=O)c1cc(Cl)ncc1Cl. The molecule has 0 aromatic carbocycles. The molecule has 0 unspecified atom stereocenters. The van der Waals surface area contributed by atoms with Crippen LogP contribution in [0.5, 0.6) is 0 Å². The Bertz CT molecular complexity index is 358. The Labute approximate surface area is 97.5 Å². The molecular formula is C9H10Cl2N2O2. The van der Waals surface area contributed by atoms with Crippen molar-refractivity contribution in [3.05, 3.63) is 28.0 Å². The maximum absolute atomic E-state index is 11.6. The Hall–Kier alpha value is -0.840. The number of nitrogens with one attached hydrogen (secondary N) is 1. The molecule has 0 aliphatic carbocycles. The first kappa shape index (κ1) is 12.2. The molecule has 1 rings (SSSR count). The Morgan fingerprint density at radius 2 is 2.33 bits per heavy atom. The predicted octanol–water partition coefficient (Wildman–Crippen LogP) is 1.76. The second-order valence-electron chi connectivity index (χ2n) is 2.74. The van der Waals surface area contributed by atoms with Crippen molar-refractivity contribution in [2.24, 2.45) is 0 Å². The largest absolute Gasteiger partial charge is 0.383 e. The molecule has 82 valence electrons. The number of hydrogen-bond donors (Lipinski definition) is 1. The number of amides is 1. The molecule has 0 aliphatic rings. The smallest absolute Gasteiger partial charge is 0.253 e. The summed E-state index contributed by atoms with van der Waals surface area (Å²) in [4.78, 5) is 15.3. The minimum Gasteiger partial charge on any atom is -0.383 e. The normalized spacial score (nSPS) is 10.1. The number of hydrogen-bond acceptors (Lipinski definition) is 3. The van der Waals surface area contributed by atoms with E-state index >= 15 is 0 Å². The van der Waals surface area contributed by atoms with Crippen molar-refractivity contribution in [1.29, 1.82) is 0 Å². The first-order valence-corrected chi connectivity index (χ1v) is 4.99. The lowest BCUT2D eigenvalue weighted by Gasteiger charge is -2.05. The zero-order valence-electron chi connectivity index (χ0n) is 8.09. The van der Waals surface area contributed by atoms with Gasteiger partial charge in [-0.05, 0) is 6.07 Å². The number of rotatable bonds is 4. The van der Waals surface area contributed by atoms with Crippen molar-refractivity contribution in [3.63, 3.8) is 0 Å². The van der Waals surface area contributed by atoms with E-state index in [1.54, 1.807) is 7.11 Å². The molecule has 4 nitrogen and oxygen atoms in total. The zero-order valence-corrected chi connectivity index (χ0v) is 9.60. The molecule has 0 saturated carbocycles. The van der Waals surface area contributed by atoms with Gasteiger partial charge in [0.15, 0.2) is 0 Å². The second-order valence-corrected chi connectivity index (χ2v) is 3.53. The van der Waals surface area contributed by atoms with Gasteiger partial charge >= 0.3 is 0 Å². The van der Waals surface area contributed by atoms with Crippen molar-refractivity contribution >= 4 is 29.1 Å². The highest BCUT2D eigenvalue weighted by Crippen LogP contribution is 2.17. The van der Waals surface area contributed by atoms with Crippen LogP contribution in [-0.4, -0.2) is 31.2 Å². The Morgan fingerprint density at radius 3 is 3.00 bits per heavy atom. The van der Waals surface area contributed by atoms with Crippen molar-refractivity contribution in [2.75, 3.05) is 20.3 Å². The van der Waals surface area contributed by atoms with Gasteiger partial charge in [0, 0.05) is 19.9 Å². The molecule has 15 heavy (non-hydrogen) atoms. The third kappa shape index (κ3) is 3.66. The van der Waals surface area contributed by atoms with Gasteiger partial charge in [-0.25, -0.2) is 4.98 Å². The molecule has 0 spiro atoms. The molecule has 0 saturated heterocycles. The second kappa shape index (κ2) is 5.90. The average Bonchev–Trinajstić information content (AvgIpc) is 2.22. The number of carbonyl (C=O) groups is 1. The highest BCUT2D eigenvalue weighted by molar-refractivity contribution is 6.35. The fraction of sp³-hybridized carbons (Fsp3) is 0.333. The summed E-state index contributed by atoms with van der Waals surface area (Å²) in [5.74, 6) is -0.290. The van der Waals surface area contributed by atoms with Crippen LogP contribution < -0.4 is 5.32 Å². The van der Waals surface area contributed by atoms with Crippen molar-refractivity contribution in [3.8, 4) is 0 Å². The van der Waals surface area contributed by atoms with Crippen LogP contribution in [0.1, 0.15) is 10.4 Å². The van der Waals surface area contributed by atoms with Gasteiger partial charge in [-0.15, -0.1) is 0 Å². The van der Waals surface area contributed by atoms with Gasteiger partial charge < -0.3 is 10.1 Å². The van der Waals surface area contributed by atoms with Gasteiger partial charge in [0.25, 0.3) is 5.91 Å². The lowest BCUT2D eigenvalue weighted by Crippen LogP contribution is -2.27. The van der Waals surface area contributed by atoms with Crippen LogP contribution in [0.3, 0.4) is 0 Å². The fourth-order valence-corrected chi connectivity index (χ4v) is 1.30. The monoisotopic (exact) mass is 248 g/mol. The van der Waals surface area contributed by atoms with Gasteiger partial charge in [-0.1, -0.05) is 23.2 Å². The van der Waals surface area contributed by atoms with Crippen LogP contribution in [0, 0.1) is 0 Å². The molecule has 0 radical (unpaired) electrons. The van der Waals surface area contributed by atoms with Crippen LogP contribution >= 0.6 is 23.2 Å². The number of carbonyl (C=O) groups excluding carboxylic acids is 1. The number of pyridine rings is 1. The van der Waals surface area contributed by atoms with Gasteiger partial charge in [0.05, 0.1) is 17.2 Å². The molecule has 6 heteroatoms. The van der Waals surface area contributed by atoms with Crippen LogP contribution in [-0.2, 0) is 4.74 Å². The quantitative estimate of drug-likeness (QED) is 0.653. The molecule has 1 aromatic rings. The number of nitrogens with zero attached hydrogens (tertiary/aromatic N) is 1. The van der Waals surface area contributed by atoms with E-state index in [1.807, 2.05) is 0 Å². The molecule has 0 fully saturated rings. The molecule has 0 bridgehead atoms. The number of methoxy groups -OCH3 is 1. The third-order valence-electron chi connectivity index (χ3n) is 1.66. The molecule has 1 N–H and O–H groups in total. The first-order chi connectivity index (χ1) is 7.15. The highest BCUT2D eigenvalue weighted by Gasteiger charge is 2.10. The summed E-state index contributed by atoms with van der Waals surface area (Å²) in [7, 11) is 1.56. The number of ether oxygens (including phenoxy) is 1. The lowest BCUT2D eigenvalue weighted by molar-refractivity contribution is 0.0937. The third-order valence-corrected chi connectivity index (χ3v) is 2.17. The summed E-state index contributed by atoms with van der Waals surface area (Å²) in [5.41, 5.74) is 0.313. The molecule has 1 amide bonds. The summed E-state index contributed by atoms with van der Waals surface area (Å²) in [5, 5.41) is 3.14. The minimum absolute atomic E-state index is 0.233. The van der Waals surface area contributed by atoms with Crippen molar-refractivity contribution in [1.82, 2.24) is 10.3 Å². The van der Waals surface area contributed by atoms with E-state index in [9.17, 15) is 4.79 Å². The topological polar surface area (TPSA) is 51.2 Å². The summed E-state index contributed by atoms with van der Waals surface area (Å²) < 4.78 is 4.80. The molecule has 1 aromatic heterocycles. The first-order valence-electron chi connectivity index (χ1n) is 4.23. The molecule has 0 atom stereocenters. The summed E-state index contributed by atoms with van der Waals surface area (Å²) >= 11 is 11.4. The lowest BCUT2D eigenvalue weighted by atomic mass is 10.2. The number of aromatic nitrogens is 1. The van der Waals surface area contributed by atoms with Gasteiger partial charge in [-0.2, -0.15) is 0 Å². The molecule has 0 aliphatic heterocycles. The van der Waals surface area contributed by atoms with Gasteiger partial charge in [0.2, 0.25) is 0 Å². The highest BCUT2D eigenvalue weighted by atomic mass is 35.5. The fourth-order valence-electron chi connectivity index (χ4n) is 0.949. The zero-order chi connectivity index (χ0) is 11.3. The van der Waals surface area contributed by atoms with E-state index in [-0.39, 0.29) is 16.1 Å². The van der Waals surface area contributed by atoms with E-state index in [2.05, 4.69) is 10.3 Å². The summed E-state index contributed by atoms with van der Waals surface area (Å²) in [6, 6.07) is 1.42. The Morgan fingerprint density at radius 1 is 1.60 bits per heavy atom. The van der Waals surface area contributed by atoms with E-state index in [0.29, 0.717) is 18.7 Å². The standard InChI is InChI=1S/C9H10Cl2N2O2/c1-15-3-2-12-9(14)6-4-8(11)13-5-7(6)10/h4-5H,2-3H2,1H3,(H,12,14). The predicted molar refractivity (Wildman–Crippen MR) is 58.5 cm³/mol. The number of halogens is 2. The van der Waals surface area contributed by atoms with Crippen molar-refractivity contribution < 1.29 is 9.53 Å². The minimum atomic E-state index is -0.290. The van der Waals surface area contributed by atoms with Gasteiger partial charge in [0.1, 0.15) is 5.15 Å². The van der Waals surface area contributed by atoms with Gasteiger partial charge in [-0.3, -0.25) is 4.79 Å². The van der Waals surface area contributed by atoms with Crippen molar-refractivity contribution in [2.45, 2.75) is 0 Å². The summed E-state index contributed by atoms with van der Waals surface area (Å²) in [6.45, 7) is 0.869. The van der Waals surface area contributed by atoms with Crippen LogP contribution in [0.15, 0.2) is 12.3 Å². The molecular weight excluding hydrogens is 239 g/mol. The van der Waals surface area contributed by atoms with Crippen LogP contribution in [0.25, 0.3) is 0 Å². The van der Waals surface area contributed by atoms with E-state index < -0.39 is 0 Å². The summed E-state index contributed by atoms with van der Waals surface area (Å²) in [6.07, 6.45) is 1.34. The average molecular weight is 249 g/mol. The van der Waals surface area contributed by atoms with E-state index in [1.165, 1.54) is 12.3 Å². The Balaban J connectivity index is 2.68.